The van der Waals surface area contributed by atoms with Crippen molar-refractivity contribution in [3.8, 4) is 11.5 Å². The maximum absolute atomic E-state index is 13.2. The van der Waals surface area contributed by atoms with Crippen LogP contribution in [0.5, 0.6) is 11.5 Å². The van der Waals surface area contributed by atoms with Crippen LogP contribution in [0.3, 0.4) is 0 Å². The molecule has 0 aliphatic carbocycles. The van der Waals surface area contributed by atoms with Crippen LogP contribution in [-0.2, 0) is 10.8 Å². The molecule has 0 saturated carbocycles. The Morgan fingerprint density at radius 2 is 1.63 bits per heavy atom. The van der Waals surface area contributed by atoms with Crippen molar-refractivity contribution < 1.29 is 14.6 Å². The highest BCUT2D eigenvalue weighted by Crippen LogP contribution is 2.39. The molecule has 0 aliphatic rings. The molecule has 2 N–H and O–H groups in total. The number of nitrogens with one attached hydrogen (secondary N) is 1. The largest absolute Gasteiger partial charge is 0.506 e. The Morgan fingerprint density at radius 1 is 0.943 bits per heavy atom. The Labute approximate surface area is 210 Å². The first-order valence-corrected chi connectivity index (χ1v) is 12.9. The molecule has 0 fully saturated rings. The first kappa shape index (κ1) is 26.6. The van der Waals surface area contributed by atoms with E-state index in [0.29, 0.717) is 11.8 Å². The second-order valence-electron chi connectivity index (χ2n) is 10.7. The van der Waals surface area contributed by atoms with Crippen LogP contribution in [0.2, 0.25) is 0 Å². The normalized spacial score (nSPS) is 13.0. The van der Waals surface area contributed by atoms with E-state index in [9.17, 15) is 9.90 Å². The summed E-state index contributed by atoms with van der Waals surface area (Å²) in [5.41, 5.74) is 2.69. The number of hydrogen-bond donors (Lipinski definition) is 2. The van der Waals surface area contributed by atoms with Crippen LogP contribution >= 0.6 is 0 Å². The molecule has 4 heteroatoms. The molecule has 4 nitrogen and oxygen atoms in total. The van der Waals surface area contributed by atoms with E-state index in [2.05, 4.69) is 72.0 Å². The number of ether oxygens (including phenoxy) is 1. The number of rotatable bonds is 10. The van der Waals surface area contributed by atoms with Crippen LogP contribution in [0.1, 0.15) is 95.6 Å². The van der Waals surface area contributed by atoms with E-state index in [1.54, 1.807) is 6.07 Å². The lowest BCUT2D eigenvalue weighted by molar-refractivity contribution is 0.0808. The minimum Gasteiger partial charge on any atom is -0.506 e. The molecule has 0 bridgehead atoms. The lowest BCUT2D eigenvalue weighted by atomic mass is 9.76. The molecule has 3 rings (SSSR count). The quantitative estimate of drug-likeness (QED) is 0.293. The first-order chi connectivity index (χ1) is 16.5. The lowest BCUT2D eigenvalue weighted by Gasteiger charge is -2.32. The zero-order chi connectivity index (χ0) is 25.8. The Hall–Kier alpha value is -3.01. The average Bonchev–Trinajstić information content (AvgIpc) is 2.84. The molecule has 188 valence electrons. The van der Waals surface area contributed by atoms with E-state index in [-0.39, 0.29) is 28.1 Å². The van der Waals surface area contributed by atoms with Gasteiger partial charge in [-0.2, -0.15) is 0 Å². The summed E-state index contributed by atoms with van der Waals surface area (Å²) < 4.78 is 6.48. The fraction of sp³-hybridized carbons (Fsp3) is 0.452. The van der Waals surface area contributed by atoms with Crippen LogP contribution in [0.15, 0.2) is 54.6 Å². The molecule has 3 aromatic rings. The number of benzene rings is 3. The second-order valence-corrected chi connectivity index (χ2v) is 10.7. The maximum atomic E-state index is 13.2. The van der Waals surface area contributed by atoms with Crippen molar-refractivity contribution in [1.29, 1.82) is 0 Å². The number of amides is 1. The Balaban J connectivity index is 1.93. The van der Waals surface area contributed by atoms with Crippen molar-refractivity contribution in [2.45, 2.75) is 91.2 Å². The van der Waals surface area contributed by atoms with Gasteiger partial charge in [0.2, 0.25) is 0 Å². The lowest BCUT2D eigenvalue weighted by Crippen LogP contribution is -2.39. The van der Waals surface area contributed by atoms with Crippen LogP contribution in [0.4, 0.5) is 0 Å². The number of carbonyl (C=O) groups is 1. The van der Waals surface area contributed by atoms with Crippen molar-refractivity contribution in [2.75, 3.05) is 0 Å². The molecule has 35 heavy (non-hydrogen) atoms. The summed E-state index contributed by atoms with van der Waals surface area (Å²) in [4.78, 5) is 13.2. The average molecular weight is 476 g/mol. The van der Waals surface area contributed by atoms with Gasteiger partial charge < -0.3 is 15.2 Å². The third kappa shape index (κ3) is 5.80. The Kier molecular flexibility index (Phi) is 8.15. The van der Waals surface area contributed by atoms with Gasteiger partial charge in [-0.3, -0.25) is 4.79 Å². The molecular formula is C31H41NO3. The summed E-state index contributed by atoms with van der Waals surface area (Å²) in [6, 6.07) is 17.5. The summed E-state index contributed by atoms with van der Waals surface area (Å²) in [6.45, 7) is 15.5. The third-order valence-electron chi connectivity index (χ3n) is 7.52. The molecule has 0 aromatic heterocycles. The number of carbonyl (C=O) groups excluding carboxylic acids is 1. The van der Waals surface area contributed by atoms with Gasteiger partial charge >= 0.3 is 0 Å². The van der Waals surface area contributed by atoms with Gasteiger partial charge in [0, 0.05) is 17.4 Å². The van der Waals surface area contributed by atoms with Crippen LogP contribution in [0, 0.1) is 0 Å². The Bertz CT molecular complexity index is 1180. The highest BCUT2D eigenvalue weighted by Gasteiger charge is 2.28. The van der Waals surface area contributed by atoms with E-state index < -0.39 is 6.23 Å². The fourth-order valence-corrected chi connectivity index (χ4v) is 4.22. The van der Waals surface area contributed by atoms with Gasteiger partial charge in [-0.25, -0.2) is 0 Å². The summed E-state index contributed by atoms with van der Waals surface area (Å²) >= 11 is 0. The third-order valence-corrected chi connectivity index (χ3v) is 7.52. The molecule has 0 aliphatic heterocycles. The SMILES string of the molecule is CCCC(NC(=O)c1ccc2ccccc2c1O)Oc1ccc(C(C)(C)CC)cc1C(C)(C)CC. The van der Waals surface area contributed by atoms with Crippen LogP contribution in [-0.4, -0.2) is 17.2 Å². The zero-order valence-corrected chi connectivity index (χ0v) is 22.4. The van der Waals surface area contributed by atoms with Gasteiger partial charge in [0.05, 0.1) is 5.56 Å². The molecule has 1 unspecified atom stereocenters. The molecule has 1 amide bonds. The number of hydrogen-bond acceptors (Lipinski definition) is 3. The molecule has 3 aromatic carbocycles. The fourth-order valence-electron chi connectivity index (χ4n) is 4.22. The molecular weight excluding hydrogens is 434 g/mol. The van der Waals surface area contributed by atoms with E-state index >= 15 is 0 Å². The van der Waals surface area contributed by atoms with Gasteiger partial charge in [0.1, 0.15) is 11.5 Å². The van der Waals surface area contributed by atoms with Gasteiger partial charge in [0.15, 0.2) is 6.23 Å². The minimum atomic E-state index is -0.505. The van der Waals surface area contributed by atoms with Crippen LogP contribution in [0.25, 0.3) is 10.8 Å². The van der Waals surface area contributed by atoms with Gasteiger partial charge in [0.25, 0.3) is 5.91 Å². The predicted octanol–water partition coefficient (Wildman–Crippen LogP) is 7.86. The second kappa shape index (κ2) is 10.7. The van der Waals surface area contributed by atoms with E-state index in [1.165, 1.54) is 5.56 Å². The van der Waals surface area contributed by atoms with E-state index in [1.807, 2.05) is 30.3 Å². The maximum Gasteiger partial charge on any atom is 0.257 e. The monoisotopic (exact) mass is 475 g/mol. The van der Waals surface area contributed by atoms with Crippen molar-refractivity contribution in [3.05, 3.63) is 71.3 Å². The van der Waals surface area contributed by atoms with Crippen molar-refractivity contribution >= 4 is 16.7 Å². The predicted molar refractivity (Wildman–Crippen MR) is 145 cm³/mol. The van der Waals surface area contributed by atoms with Gasteiger partial charge in [-0.15, -0.1) is 0 Å². The summed E-state index contributed by atoms with van der Waals surface area (Å²) in [5.74, 6) is 0.454. The smallest absolute Gasteiger partial charge is 0.257 e. The van der Waals surface area contributed by atoms with Crippen LogP contribution < -0.4 is 10.1 Å². The molecule has 0 spiro atoms. The minimum absolute atomic E-state index is 0.00481. The Morgan fingerprint density at radius 3 is 2.29 bits per heavy atom. The summed E-state index contributed by atoms with van der Waals surface area (Å²) in [6.07, 6.45) is 3.02. The topological polar surface area (TPSA) is 58.6 Å². The van der Waals surface area contributed by atoms with E-state index in [4.69, 9.17) is 4.74 Å². The highest BCUT2D eigenvalue weighted by molar-refractivity contribution is 6.03. The number of fused-ring (bicyclic) bond motifs is 1. The molecule has 0 saturated heterocycles. The number of phenols is 1. The van der Waals surface area contributed by atoms with Gasteiger partial charge in [-0.1, -0.05) is 97.4 Å². The van der Waals surface area contributed by atoms with Crippen molar-refractivity contribution in [2.24, 2.45) is 0 Å². The zero-order valence-electron chi connectivity index (χ0n) is 22.4. The summed E-state index contributed by atoms with van der Waals surface area (Å²) in [5, 5.41) is 15.3. The van der Waals surface area contributed by atoms with Gasteiger partial charge in [-0.05, 0) is 46.8 Å². The molecule has 1 atom stereocenters. The van der Waals surface area contributed by atoms with Crippen molar-refractivity contribution in [3.63, 3.8) is 0 Å². The summed E-state index contributed by atoms with van der Waals surface area (Å²) in [7, 11) is 0. The first-order valence-electron chi connectivity index (χ1n) is 12.9. The number of aromatic hydroxyl groups is 1. The standard InChI is InChI=1S/C31H41NO3/c1-8-13-27(32-29(34)24-18-16-21-14-11-12-15-23(21)28(24)33)35-26-19-17-22(30(4,5)9-2)20-25(26)31(6,7)10-3/h11-12,14-20,27,33H,8-10,13H2,1-7H3,(H,32,34). The molecule has 0 radical (unpaired) electrons. The highest BCUT2D eigenvalue weighted by atomic mass is 16.5. The van der Waals surface area contributed by atoms with E-state index in [0.717, 1.165) is 36.0 Å². The molecule has 0 heterocycles. The number of phenolic OH excluding ortho intramolecular Hbond substituents is 1. The van der Waals surface area contributed by atoms with Crippen molar-refractivity contribution in [1.82, 2.24) is 5.32 Å².